The highest BCUT2D eigenvalue weighted by molar-refractivity contribution is 8.26. The summed E-state index contributed by atoms with van der Waals surface area (Å²) < 4.78 is 12.2. The third-order valence-electron chi connectivity index (χ3n) is 3.39. The number of thioether (sulfide) groups is 4. The fraction of sp³-hybridized carbons (Fsp3) is 0.105. The molecule has 0 N–H and O–H groups in total. The van der Waals surface area contributed by atoms with Gasteiger partial charge >= 0.3 is 5.97 Å². The molecule has 3 rings (SSSR count). The number of rotatable bonds is 3. The Morgan fingerprint density at radius 3 is 1.33 bits per heavy atom. The van der Waals surface area contributed by atoms with E-state index in [1.807, 2.05) is 24.3 Å². The highest BCUT2D eigenvalue weighted by Gasteiger charge is 2.39. The zero-order valence-corrected chi connectivity index (χ0v) is 18.6. The topological polar surface area (TPSA) is 131 Å². The van der Waals surface area contributed by atoms with Crippen LogP contribution in [0.4, 0.5) is 0 Å². The predicted octanol–water partition coefficient (Wildman–Crippen LogP) is 5.44. The third-order valence-corrected chi connectivity index (χ3v) is 8.59. The van der Waals surface area contributed by atoms with Crippen LogP contribution in [0.25, 0.3) is 0 Å². The van der Waals surface area contributed by atoms with Gasteiger partial charge in [0.05, 0.1) is 33.8 Å². The van der Waals surface area contributed by atoms with Gasteiger partial charge in [-0.1, -0.05) is 53.6 Å². The lowest BCUT2D eigenvalue weighted by Crippen LogP contribution is -2.05. The Hall–Kier alpha value is -2.93. The van der Waals surface area contributed by atoms with Gasteiger partial charge in [0, 0.05) is 6.92 Å². The molecule has 0 bridgehead atoms. The number of hydrogen-bond donors (Lipinski definition) is 0. The highest BCUT2D eigenvalue weighted by Crippen LogP contribution is 2.68. The Balaban J connectivity index is 2.33. The lowest BCUT2D eigenvalue weighted by atomic mass is 10.3. The molecule has 0 saturated heterocycles. The Bertz CT molecular complexity index is 1080. The molecule has 2 aliphatic rings. The maximum absolute atomic E-state index is 11.8. The minimum absolute atomic E-state index is 0.0615. The summed E-state index contributed by atoms with van der Waals surface area (Å²) in [5.41, 5.74) is -0.123. The second kappa shape index (κ2) is 8.83. The monoisotopic (exact) mass is 468 g/mol. The molecule has 2 aliphatic heterocycles. The van der Waals surface area contributed by atoms with Crippen molar-refractivity contribution >= 4 is 53.0 Å². The molecule has 0 amide bonds. The first-order valence-electron chi connectivity index (χ1n) is 7.90. The number of fused-ring (bicyclic) bond motifs is 2. The fourth-order valence-electron chi connectivity index (χ4n) is 2.34. The largest absolute Gasteiger partial charge is 0.460 e. The minimum atomic E-state index is -0.555. The summed E-state index contributed by atoms with van der Waals surface area (Å²) in [6.45, 7) is 6.70. The number of benzene rings is 1. The number of esters is 1. The molecule has 11 heteroatoms. The predicted molar refractivity (Wildman–Crippen MR) is 113 cm³/mol. The summed E-state index contributed by atoms with van der Waals surface area (Å²) in [5, 5.41) is 37.0. The number of carbonyl (C=O) groups is 1. The molecule has 0 aromatic heterocycles. The molecule has 1 aromatic rings. The molecule has 0 spiro atoms. The Morgan fingerprint density at radius 1 is 0.733 bits per heavy atom. The van der Waals surface area contributed by atoms with E-state index in [1.165, 1.54) is 6.92 Å². The van der Waals surface area contributed by atoms with E-state index in [-0.39, 0.29) is 16.9 Å². The summed E-state index contributed by atoms with van der Waals surface area (Å²) in [4.78, 5) is 14.0. The van der Waals surface area contributed by atoms with Crippen LogP contribution in [-0.2, 0) is 4.79 Å². The Labute approximate surface area is 189 Å². The fourth-order valence-corrected chi connectivity index (χ4v) is 7.51. The van der Waals surface area contributed by atoms with Gasteiger partial charge in [-0.05, 0) is 6.92 Å². The quantitative estimate of drug-likeness (QED) is 0.243. The van der Waals surface area contributed by atoms with E-state index in [2.05, 4.69) is 6.58 Å². The summed E-state index contributed by atoms with van der Waals surface area (Å²) in [5.74, 6) is 0.494. The summed E-state index contributed by atoms with van der Waals surface area (Å²) >= 11 is 4.59. The van der Waals surface area contributed by atoms with E-state index < -0.39 is 5.97 Å². The molecule has 0 radical (unpaired) electrons. The van der Waals surface area contributed by atoms with Crippen molar-refractivity contribution in [2.24, 2.45) is 0 Å². The molecular weight excluding hydrogens is 461 g/mol. The van der Waals surface area contributed by atoms with Crippen LogP contribution in [0.1, 0.15) is 13.8 Å². The van der Waals surface area contributed by atoms with Crippen molar-refractivity contribution in [3.8, 4) is 35.8 Å². The smallest absolute Gasteiger partial charge is 0.308 e. The number of allylic oxidation sites excluding steroid dienone is 3. The summed E-state index contributed by atoms with van der Waals surface area (Å²) in [7, 11) is 0. The third kappa shape index (κ3) is 3.89. The number of ether oxygens (including phenoxy) is 2. The van der Waals surface area contributed by atoms with Crippen LogP contribution < -0.4 is 9.47 Å². The molecule has 146 valence electrons. The first-order valence-corrected chi connectivity index (χ1v) is 11.2. The molecular formula is C19H8N4O3S4. The standard InChI is InChI=1S/C19H8N4O3S4/c1-8(2)25-12-14-16(29-18(27-14)10(4-20)5-21)13(26-9(3)24)17-15(12)28-19(30-17)11(6-22)7-23/h1H2,2-3H3. The van der Waals surface area contributed by atoms with E-state index in [0.29, 0.717) is 39.6 Å². The molecule has 7 nitrogen and oxygen atoms in total. The van der Waals surface area contributed by atoms with Crippen molar-refractivity contribution in [2.45, 2.75) is 33.4 Å². The van der Waals surface area contributed by atoms with Crippen LogP contribution in [0.5, 0.6) is 11.5 Å². The molecule has 0 fully saturated rings. The van der Waals surface area contributed by atoms with Crippen LogP contribution in [-0.4, -0.2) is 5.97 Å². The molecule has 0 saturated carbocycles. The van der Waals surface area contributed by atoms with Gasteiger partial charge < -0.3 is 9.47 Å². The number of hydrogen-bond acceptors (Lipinski definition) is 11. The normalized spacial score (nSPS) is 13.1. The van der Waals surface area contributed by atoms with Crippen molar-refractivity contribution in [2.75, 3.05) is 0 Å². The molecule has 0 unspecified atom stereocenters. The Morgan fingerprint density at radius 2 is 1.07 bits per heavy atom. The second-order valence-electron chi connectivity index (χ2n) is 5.55. The molecule has 0 aliphatic carbocycles. The van der Waals surface area contributed by atoms with Crippen LogP contribution in [0.3, 0.4) is 0 Å². The zero-order chi connectivity index (χ0) is 22.0. The van der Waals surface area contributed by atoms with E-state index in [9.17, 15) is 25.8 Å². The van der Waals surface area contributed by atoms with Crippen molar-refractivity contribution in [1.82, 2.24) is 0 Å². The van der Waals surface area contributed by atoms with Crippen molar-refractivity contribution in [3.05, 3.63) is 32.0 Å². The SMILES string of the molecule is C=C(C)Oc1c2c(c(OC(C)=O)c3c1SC(=C(C#N)C#N)S3)SC(=C(C#N)C#N)S2. The van der Waals surface area contributed by atoms with Gasteiger partial charge in [-0.2, -0.15) is 21.0 Å². The van der Waals surface area contributed by atoms with Crippen molar-refractivity contribution in [1.29, 1.82) is 21.0 Å². The number of carbonyl (C=O) groups excluding carboxylic acids is 1. The zero-order valence-electron chi connectivity index (χ0n) is 15.4. The van der Waals surface area contributed by atoms with E-state index in [1.54, 1.807) is 6.92 Å². The highest BCUT2D eigenvalue weighted by atomic mass is 32.2. The number of nitriles is 4. The average Bonchev–Trinajstić information content (AvgIpc) is 3.31. The first-order chi connectivity index (χ1) is 14.3. The van der Waals surface area contributed by atoms with Gasteiger partial charge in [0.25, 0.3) is 0 Å². The lowest BCUT2D eigenvalue weighted by molar-refractivity contribution is -0.132. The van der Waals surface area contributed by atoms with Gasteiger partial charge in [-0.15, -0.1) is 0 Å². The average molecular weight is 469 g/mol. The second-order valence-corrected chi connectivity index (χ2v) is 10.2. The van der Waals surface area contributed by atoms with Crippen LogP contribution >= 0.6 is 47.0 Å². The lowest BCUT2D eigenvalue weighted by Gasteiger charge is -2.16. The van der Waals surface area contributed by atoms with Gasteiger partial charge in [0.2, 0.25) is 0 Å². The molecule has 0 atom stereocenters. The maximum atomic E-state index is 11.8. The van der Waals surface area contributed by atoms with Crippen LogP contribution in [0.15, 0.2) is 51.5 Å². The number of nitrogens with zero attached hydrogens (tertiary/aromatic N) is 4. The maximum Gasteiger partial charge on any atom is 0.308 e. The van der Waals surface area contributed by atoms with E-state index >= 15 is 0 Å². The van der Waals surface area contributed by atoms with Gasteiger partial charge in [-0.3, -0.25) is 4.79 Å². The first kappa shape index (κ1) is 21.8. The molecule has 30 heavy (non-hydrogen) atoms. The Kier molecular flexibility index (Phi) is 6.41. The van der Waals surface area contributed by atoms with Gasteiger partial charge in [-0.25, -0.2) is 0 Å². The minimum Gasteiger partial charge on any atom is -0.460 e. The summed E-state index contributed by atoms with van der Waals surface area (Å²) in [6, 6.07) is 7.46. The van der Waals surface area contributed by atoms with Gasteiger partial charge in [0.15, 0.2) is 11.5 Å². The van der Waals surface area contributed by atoms with Crippen molar-refractivity contribution < 1.29 is 14.3 Å². The van der Waals surface area contributed by atoms with Gasteiger partial charge in [0.1, 0.15) is 35.4 Å². The van der Waals surface area contributed by atoms with Crippen LogP contribution in [0.2, 0.25) is 0 Å². The van der Waals surface area contributed by atoms with E-state index in [4.69, 9.17) is 9.47 Å². The van der Waals surface area contributed by atoms with Crippen LogP contribution in [0, 0.1) is 45.3 Å². The molecule has 1 aromatic carbocycles. The molecule has 2 heterocycles. The van der Waals surface area contributed by atoms with Crippen molar-refractivity contribution in [3.63, 3.8) is 0 Å². The van der Waals surface area contributed by atoms with E-state index in [0.717, 1.165) is 47.0 Å². The summed E-state index contributed by atoms with van der Waals surface area (Å²) in [6.07, 6.45) is 0.